The molecule has 3 aromatic heterocycles. The van der Waals surface area contributed by atoms with Crippen LogP contribution in [0.15, 0.2) is 28.9 Å². The minimum atomic E-state index is -0.00395. The largest absolute Gasteiger partial charge is 0.377 e. The lowest BCUT2D eigenvalue weighted by Gasteiger charge is -2.33. The van der Waals surface area contributed by atoms with Crippen LogP contribution in [0.4, 0.5) is 5.82 Å². The van der Waals surface area contributed by atoms with Gasteiger partial charge in [-0.25, -0.2) is 4.98 Å². The number of anilines is 1. The first-order chi connectivity index (χ1) is 11.8. The summed E-state index contributed by atoms with van der Waals surface area (Å²) in [4.78, 5) is 14.4. The zero-order chi connectivity index (χ0) is 16.4. The Morgan fingerprint density at radius 2 is 2.29 bits per heavy atom. The molecule has 1 aliphatic rings. The molecule has 1 saturated heterocycles. The fourth-order valence-electron chi connectivity index (χ4n) is 2.90. The summed E-state index contributed by atoms with van der Waals surface area (Å²) in [5, 5.41) is 4.99. The highest BCUT2D eigenvalue weighted by Gasteiger charge is 2.24. The lowest BCUT2D eigenvalue weighted by Crippen LogP contribution is -2.43. The zero-order valence-corrected chi connectivity index (χ0v) is 13.4. The molecule has 1 atom stereocenters. The SMILES string of the molecule is COCc1noc(C[C@H]2CN(c3ccc4cc[nH]c4n3)CCO2)n1. The van der Waals surface area contributed by atoms with Gasteiger partial charge in [-0.2, -0.15) is 4.98 Å². The number of rotatable bonds is 5. The highest BCUT2D eigenvalue weighted by atomic mass is 16.5. The number of hydrogen-bond donors (Lipinski definition) is 1. The summed E-state index contributed by atoms with van der Waals surface area (Å²) in [6.45, 7) is 2.55. The van der Waals surface area contributed by atoms with Crippen LogP contribution >= 0.6 is 0 Å². The Labute approximate surface area is 138 Å². The van der Waals surface area contributed by atoms with Crippen molar-refractivity contribution in [3.05, 3.63) is 36.1 Å². The molecule has 4 heterocycles. The predicted molar refractivity (Wildman–Crippen MR) is 86.8 cm³/mol. The van der Waals surface area contributed by atoms with Gasteiger partial charge in [0.25, 0.3) is 0 Å². The quantitative estimate of drug-likeness (QED) is 0.759. The molecule has 24 heavy (non-hydrogen) atoms. The Hall–Kier alpha value is -2.45. The Morgan fingerprint density at radius 3 is 3.21 bits per heavy atom. The number of methoxy groups -OCH3 is 1. The van der Waals surface area contributed by atoms with Crippen LogP contribution in [0, 0.1) is 0 Å². The van der Waals surface area contributed by atoms with Crippen molar-refractivity contribution in [1.82, 2.24) is 20.1 Å². The van der Waals surface area contributed by atoms with E-state index in [9.17, 15) is 0 Å². The topological polar surface area (TPSA) is 89.3 Å². The monoisotopic (exact) mass is 329 g/mol. The van der Waals surface area contributed by atoms with Crippen LogP contribution in [0.1, 0.15) is 11.7 Å². The molecule has 0 aliphatic carbocycles. The zero-order valence-electron chi connectivity index (χ0n) is 13.4. The Bertz CT molecular complexity index is 815. The molecule has 3 aromatic rings. The van der Waals surface area contributed by atoms with Gasteiger partial charge < -0.3 is 23.9 Å². The molecular formula is C16H19N5O3. The van der Waals surface area contributed by atoms with Crippen molar-refractivity contribution in [1.29, 1.82) is 0 Å². The number of ether oxygens (including phenoxy) is 2. The first kappa shape index (κ1) is 15.1. The second-order valence-electron chi connectivity index (χ2n) is 5.77. The fourth-order valence-corrected chi connectivity index (χ4v) is 2.90. The first-order valence-corrected chi connectivity index (χ1v) is 7.93. The summed E-state index contributed by atoms with van der Waals surface area (Å²) in [7, 11) is 1.60. The van der Waals surface area contributed by atoms with E-state index in [1.807, 2.05) is 18.3 Å². The number of morpholine rings is 1. The van der Waals surface area contributed by atoms with Crippen LogP contribution in [-0.4, -0.2) is 53.0 Å². The molecule has 1 fully saturated rings. The summed E-state index contributed by atoms with van der Waals surface area (Å²) in [6, 6.07) is 6.14. The second-order valence-corrected chi connectivity index (χ2v) is 5.77. The average molecular weight is 329 g/mol. The van der Waals surface area contributed by atoms with Gasteiger partial charge in [0.2, 0.25) is 5.89 Å². The molecule has 0 bridgehead atoms. The molecule has 8 nitrogen and oxygen atoms in total. The van der Waals surface area contributed by atoms with Crippen molar-refractivity contribution < 1.29 is 14.0 Å². The van der Waals surface area contributed by atoms with E-state index in [4.69, 9.17) is 14.0 Å². The third-order valence-corrected chi connectivity index (χ3v) is 4.04. The van der Waals surface area contributed by atoms with E-state index >= 15 is 0 Å². The van der Waals surface area contributed by atoms with E-state index in [0.29, 0.717) is 31.3 Å². The average Bonchev–Trinajstić information content (AvgIpc) is 3.24. The summed E-state index contributed by atoms with van der Waals surface area (Å²) in [6.07, 6.45) is 2.48. The van der Waals surface area contributed by atoms with Gasteiger partial charge in [-0.05, 0) is 18.2 Å². The molecule has 4 rings (SSSR count). The Kier molecular flexibility index (Phi) is 4.14. The molecule has 0 aromatic carbocycles. The van der Waals surface area contributed by atoms with E-state index < -0.39 is 0 Å². The van der Waals surface area contributed by atoms with Crippen molar-refractivity contribution >= 4 is 16.9 Å². The van der Waals surface area contributed by atoms with Gasteiger partial charge in [-0.15, -0.1) is 0 Å². The van der Waals surface area contributed by atoms with Gasteiger partial charge in [0.15, 0.2) is 5.82 Å². The number of H-pyrrole nitrogens is 1. The van der Waals surface area contributed by atoms with Crippen LogP contribution in [0.5, 0.6) is 0 Å². The molecule has 0 unspecified atom stereocenters. The Morgan fingerprint density at radius 1 is 1.33 bits per heavy atom. The number of fused-ring (bicyclic) bond motifs is 1. The lowest BCUT2D eigenvalue weighted by atomic mass is 10.2. The van der Waals surface area contributed by atoms with Gasteiger partial charge in [-0.1, -0.05) is 5.16 Å². The summed E-state index contributed by atoms with van der Waals surface area (Å²) in [5.74, 6) is 2.07. The number of hydrogen-bond acceptors (Lipinski definition) is 7. The smallest absolute Gasteiger partial charge is 0.229 e. The van der Waals surface area contributed by atoms with Gasteiger partial charge in [-0.3, -0.25) is 0 Å². The predicted octanol–water partition coefficient (Wildman–Crippen LogP) is 1.54. The molecule has 1 aliphatic heterocycles. The number of aromatic nitrogens is 4. The van der Waals surface area contributed by atoms with Gasteiger partial charge in [0.05, 0.1) is 19.1 Å². The molecular weight excluding hydrogens is 310 g/mol. The molecule has 126 valence electrons. The van der Waals surface area contributed by atoms with Crippen LogP contribution < -0.4 is 4.90 Å². The standard InChI is InChI=1S/C16H19N5O3/c1-22-10-13-18-15(24-20-13)8-12-9-21(6-7-23-12)14-3-2-11-4-5-17-16(11)19-14/h2-5,12H,6-10H2,1H3,(H,17,19)/t12-/m0/s1. The van der Waals surface area contributed by atoms with Gasteiger partial charge >= 0.3 is 0 Å². The summed E-state index contributed by atoms with van der Waals surface area (Å²) < 4.78 is 16.1. The van der Waals surface area contributed by atoms with Crippen molar-refractivity contribution in [2.24, 2.45) is 0 Å². The van der Waals surface area contributed by atoms with E-state index in [0.717, 1.165) is 29.9 Å². The number of aromatic amines is 1. The van der Waals surface area contributed by atoms with Crippen LogP contribution in [0.3, 0.4) is 0 Å². The number of pyridine rings is 1. The second kappa shape index (κ2) is 6.58. The minimum absolute atomic E-state index is 0.00395. The van der Waals surface area contributed by atoms with E-state index in [1.54, 1.807) is 7.11 Å². The third kappa shape index (κ3) is 3.10. The molecule has 0 saturated carbocycles. The minimum Gasteiger partial charge on any atom is -0.377 e. The van der Waals surface area contributed by atoms with Gasteiger partial charge in [0, 0.05) is 31.8 Å². The van der Waals surface area contributed by atoms with Crippen molar-refractivity contribution in [2.75, 3.05) is 31.7 Å². The van der Waals surface area contributed by atoms with Crippen LogP contribution in [-0.2, 0) is 22.5 Å². The van der Waals surface area contributed by atoms with Crippen molar-refractivity contribution in [3.8, 4) is 0 Å². The molecule has 0 amide bonds. The Balaban J connectivity index is 1.44. The van der Waals surface area contributed by atoms with Crippen LogP contribution in [0.25, 0.3) is 11.0 Å². The van der Waals surface area contributed by atoms with E-state index in [1.165, 1.54) is 0 Å². The number of nitrogens with zero attached hydrogens (tertiary/aromatic N) is 4. The fraction of sp³-hybridized carbons (Fsp3) is 0.438. The molecule has 0 spiro atoms. The maximum atomic E-state index is 5.84. The normalized spacial score (nSPS) is 18.4. The maximum absolute atomic E-state index is 5.84. The summed E-state index contributed by atoms with van der Waals surface area (Å²) >= 11 is 0. The highest BCUT2D eigenvalue weighted by Crippen LogP contribution is 2.20. The van der Waals surface area contributed by atoms with E-state index in [2.05, 4.69) is 31.1 Å². The molecule has 1 N–H and O–H groups in total. The maximum Gasteiger partial charge on any atom is 0.229 e. The third-order valence-electron chi connectivity index (χ3n) is 4.04. The molecule has 8 heteroatoms. The van der Waals surface area contributed by atoms with Crippen molar-refractivity contribution in [3.63, 3.8) is 0 Å². The lowest BCUT2D eigenvalue weighted by molar-refractivity contribution is 0.0359. The van der Waals surface area contributed by atoms with E-state index in [-0.39, 0.29) is 6.10 Å². The van der Waals surface area contributed by atoms with Gasteiger partial charge in [0.1, 0.15) is 18.1 Å². The molecule has 0 radical (unpaired) electrons. The number of nitrogens with one attached hydrogen (secondary N) is 1. The highest BCUT2D eigenvalue weighted by molar-refractivity contribution is 5.77. The van der Waals surface area contributed by atoms with Crippen molar-refractivity contribution in [2.45, 2.75) is 19.1 Å². The first-order valence-electron chi connectivity index (χ1n) is 7.93. The summed E-state index contributed by atoms with van der Waals surface area (Å²) in [5.41, 5.74) is 0.900. The van der Waals surface area contributed by atoms with Crippen LogP contribution in [0.2, 0.25) is 0 Å².